The largest absolute Gasteiger partial charge is 0.326 e. The number of nitrogens with two attached hydrogens (primary N) is 1. The summed E-state index contributed by atoms with van der Waals surface area (Å²) in [6, 6.07) is 8.44. The number of nitrogens with zero attached hydrogens (tertiary/aromatic N) is 1. The summed E-state index contributed by atoms with van der Waals surface area (Å²) in [7, 11) is -3.54. The van der Waals surface area contributed by atoms with Crippen LogP contribution >= 0.6 is 0 Å². The first-order chi connectivity index (χ1) is 9.92. The van der Waals surface area contributed by atoms with E-state index in [0.29, 0.717) is 6.54 Å². The van der Waals surface area contributed by atoms with Gasteiger partial charge in [0.1, 0.15) is 0 Å². The molecular weight excluding hydrogens is 294 g/mol. The highest BCUT2D eigenvalue weighted by Crippen LogP contribution is 2.12. The third-order valence-electron chi connectivity index (χ3n) is 2.99. The quantitative estimate of drug-likeness (QED) is 0.770. The van der Waals surface area contributed by atoms with Crippen molar-refractivity contribution in [1.29, 1.82) is 0 Å². The van der Waals surface area contributed by atoms with Gasteiger partial charge < -0.3 is 5.73 Å². The molecule has 0 saturated carbocycles. The average Bonchev–Trinajstić information content (AvgIpc) is 2.48. The molecule has 2 aromatic rings. The molecule has 21 heavy (non-hydrogen) atoms. The monoisotopic (exact) mass is 309 g/mol. The summed E-state index contributed by atoms with van der Waals surface area (Å²) in [5, 5.41) is 2.29. The minimum Gasteiger partial charge on any atom is -0.326 e. The summed E-state index contributed by atoms with van der Waals surface area (Å²) in [5.41, 5.74) is 5.37. The smallest absolute Gasteiger partial charge is 0.265 e. The molecule has 0 saturated heterocycles. The maximum atomic E-state index is 12.2. The molecule has 1 heterocycles. The van der Waals surface area contributed by atoms with Crippen molar-refractivity contribution in [3.05, 3.63) is 62.7 Å². The van der Waals surface area contributed by atoms with Crippen molar-refractivity contribution in [3.8, 4) is 0 Å². The number of H-pyrrole nitrogens is 1. The van der Waals surface area contributed by atoms with Crippen LogP contribution in [0.4, 0.5) is 0 Å². The van der Waals surface area contributed by atoms with Crippen LogP contribution in [0.1, 0.15) is 5.56 Å². The molecule has 7 nitrogen and oxygen atoms in total. The van der Waals surface area contributed by atoms with Crippen molar-refractivity contribution in [2.45, 2.75) is 18.0 Å². The summed E-state index contributed by atoms with van der Waals surface area (Å²) in [6.45, 7) is 0.219. The lowest BCUT2D eigenvalue weighted by Gasteiger charge is -2.07. The van der Waals surface area contributed by atoms with Crippen LogP contribution in [0.3, 0.4) is 0 Å². The van der Waals surface area contributed by atoms with E-state index in [1.54, 1.807) is 12.1 Å². The van der Waals surface area contributed by atoms with Crippen molar-refractivity contribution in [3.63, 3.8) is 0 Å². The molecule has 3 N–H and O–H groups in total. The number of aromatic nitrogens is 2. The van der Waals surface area contributed by atoms with Crippen LogP contribution in [0.2, 0.25) is 0 Å². The normalized spacial score (nSPS) is 11.5. The second-order valence-electron chi connectivity index (χ2n) is 4.47. The van der Waals surface area contributed by atoms with Gasteiger partial charge in [-0.1, -0.05) is 12.1 Å². The maximum absolute atomic E-state index is 12.2. The molecule has 2 rings (SSSR count). The van der Waals surface area contributed by atoms with Crippen LogP contribution in [0.5, 0.6) is 0 Å². The highest BCUT2D eigenvalue weighted by atomic mass is 32.2. The second kappa shape index (κ2) is 6.06. The van der Waals surface area contributed by atoms with Gasteiger partial charge in [0.05, 0.1) is 17.2 Å². The van der Waals surface area contributed by atoms with E-state index in [1.807, 2.05) is 0 Å². The number of rotatable bonds is 5. The molecular formula is C13H15N3O4S. The van der Waals surface area contributed by atoms with Gasteiger partial charge in [-0.15, -0.1) is 0 Å². The molecule has 0 radical (unpaired) electrons. The van der Waals surface area contributed by atoms with E-state index in [4.69, 9.17) is 5.73 Å². The lowest BCUT2D eigenvalue weighted by molar-refractivity contribution is 0.567. The summed E-state index contributed by atoms with van der Waals surface area (Å²) in [6.07, 6.45) is 0. The SMILES string of the molecule is NCc1ccc(S(=O)(=O)CCn2[nH]c(=O)ccc2=O)cc1. The van der Waals surface area contributed by atoms with Crippen LogP contribution in [0.15, 0.2) is 50.9 Å². The first kappa shape index (κ1) is 15.2. The Hall–Kier alpha value is -2.19. The zero-order valence-corrected chi connectivity index (χ0v) is 12.0. The van der Waals surface area contributed by atoms with Crippen LogP contribution in [-0.2, 0) is 22.9 Å². The van der Waals surface area contributed by atoms with Gasteiger partial charge in [0, 0.05) is 18.7 Å². The predicted octanol–water partition coefficient (Wildman–Crippen LogP) is -0.531. The molecule has 8 heteroatoms. The van der Waals surface area contributed by atoms with Crippen LogP contribution in [-0.4, -0.2) is 24.0 Å². The molecule has 0 aliphatic carbocycles. The molecule has 0 spiro atoms. The summed E-state index contributed by atoms with van der Waals surface area (Å²) >= 11 is 0. The van der Waals surface area contributed by atoms with Gasteiger partial charge >= 0.3 is 0 Å². The van der Waals surface area contributed by atoms with E-state index in [1.165, 1.54) is 12.1 Å². The first-order valence-electron chi connectivity index (χ1n) is 6.24. The second-order valence-corrected chi connectivity index (χ2v) is 6.58. The van der Waals surface area contributed by atoms with Crippen molar-refractivity contribution in [1.82, 2.24) is 9.78 Å². The van der Waals surface area contributed by atoms with Gasteiger partial charge in [-0.2, -0.15) is 0 Å². The van der Waals surface area contributed by atoms with E-state index < -0.39 is 21.0 Å². The Morgan fingerprint density at radius 3 is 2.33 bits per heavy atom. The highest BCUT2D eigenvalue weighted by Gasteiger charge is 2.14. The van der Waals surface area contributed by atoms with E-state index in [-0.39, 0.29) is 17.2 Å². The Morgan fingerprint density at radius 1 is 1.05 bits per heavy atom. The Labute approximate surface area is 120 Å². The average molecular weight is 309 g/mol. The molecule has 0 atom stereocenters. The van der Waals surface area contributed by atoms with Gasteiger partial charge in [0.15, 0.2) is 9.84 Å². The number of hydrogen-bond donors (Lipinski definition) is 2. The number of hydrogen-bond acceptors (Lipinski definition) is 5. The zero-order valence-electron chi connectivity index (χ0n) is 11.2. The number of benzene rings is 1. The molecule has 112 valence electrons. The fraction of sp³-hybridized carbons (Fsp3) is 0.231. The Kier molecular flexibility index (Phi) is 4.39. The van der Waals surface area contributed by atoms with Crippen molar-refractivity contribution >= 4 is 9.84 Å². The van der Waals surface area contributed by atoms with Crippen molar-refractivity contribution < 1.29 is 8.42 Å². The van der Waals surface area contributed by atoms with Crippen LogP contribution in [0, 0.1) is 0 Å². The Bertz CT molecular complexity index is 835. The minimum absolute atomic E-state index is 0.115. The third kappa shape index (κ3) is 3.67. The molecule has 0 bridgehead atoms. The fourth-order valence-corrected chi connectivity index (χ4v) is 3.00. The number of aryl methyl sites for hydroxylation is 1. The van der Waals surface area contributed by atoms with Crippen molar-refractivity contribution in [2.75, 3.05) is 5.75 Å². The lowest BCUT2D eigenvalue weighted by atomic mass is 10.2. The fourth-order valence-electron chi connectivity index (χ4n) is 1.79. The van der Waals surface area contributed by atoms with Gasteiger partial charge in [-0.05, 0) is 17.7 Å². The number of aromatic amines is 1. The first-order valence-corrected chi connectivity index (χ1v) is 7.89. The van der Waals surface area contributed by atoms with Gasteiger partial charge in [0.2, 0.25) is 0 Å². The van der Waals surface area contributed by atoms with E-state index in [2.05, 4.69) is 5.10 Å². The molecule has 0 aliphatic heterocycles. The van der Waals surface area contributed by atoms with E-state index >= 15 is 0 Å². The Morgan fingerprint density at radius 2 is 1.71 bits per heavy atom. The molecule has 0 fully saturated rings. The standard InChI is InChI=1S/C13H15N3O4S/c14-9-10-1-3-11(4-2-10)21(19,20)8-7-16-13(18)6-5-12(17)15-16/h1-6H,7-9,14H2,(H,15,17). The van der Waals surface area contributed by atoms with E-state index in [0.717, 1.165) is 22.4 Å². The molecule has 1 aromatic carbocycles. The Balaban J connectivity index is 2.19. The van der Waals surface area contributed by atoms with Crippen LogP contribution in [0.25, 0.3) is 0 Å². The molecule has 1 aromatic heterocycles. The van der Waals surface area contributed by atoms with Gasteiger partial charge in [-0.3, -0.25) is 14.7 Å². The summed E-state index contributed by atoms with van der Waals surface area (Å²) < 4.78 is 25.3. The van der Waals surface area contributed by atoms with Gasteiger partial charge in [-0.25, -0.2) is 13.1 Å². The predicted molar refractivity (Wildman–Crippen MR) is 77.7 cm³/mol. The zero-order chi connectivity index (χ0) is 15.5. The molecule has 0 unspecified atom stereocenters. The summed E-state index contributed by atoms with van der Waals surface area (Å²) in [5.74, 6) is -0.283. The minimum atomic E-state index is -3.54. The van der Waals surface area contributed by atoms with Crippen molar-refractivity contribution in [2.24, 2.45) is 5.73 Å². The van der Waals surface area contributed by atoms with Crippen LogP contribution < -0.4 is 16.9 Å². The van der Waals surface area contributed by atoms with Gasteiger partial charge in [0.25, 0.3) is 11.1 Å². The highest BCUT2D eigenvalue weighted by molar-refractivity contribution is 7.91. The topological polar surface area (TPSA) is 115 Å². The molecule has 0 amide bonds. The number of nitrogens with one attached hydrogen (secondary N) is 1. The third-order valence-corrected chi connectivity index (χ3v) is 4.70. The molecule has 0 aliphatic rings. The maximum Gasteiger partial charge on any atom is 0.265 e. The summed E-state index contributed by atoms with van der Waals surface area (Å²) in [4.78, 5) is 22.8. The number of sulfone groups is 1. The van der Waals surface area contributed by atoms with E-state index in [9.17, 15) is 18.0 Å². The lowest BCUT2D eigenvalue weighted by Crippen LogP contribution is -2.30.